The van der Waals surface area contributed by atoms with Gasteiger partial charge in [-0.25, -0.2) is 0 Å². The summed E-state index contributed by atoms with van der Waals surface area (Å²) >= 11 is 0. The van der Waals surface area contributed by atoms with E-state index in [-0.39, 0.29) is 7.43 Å². The Hall–Kier alpha value is -0.0800. The maximum atomic E-state index is 5.57. The van der Waals surface area contributed by atoms with Gasteiger partial charge < -0.3 is 10.5 Å². The predicted octanol–water partition coefficient (Wildman–Crippen LogP) is 1.64. The Bertz CT molecular complexity index is 64.3. The van der Waals surface area contributed by atoms with Gasteiger partial charge >= 0.3 is 0 Å². The lowest BCUT2D eigenvalue weighted by Gasteiger charge is -2.11. The summed E-state index contributed by atoms with van der Waals surface area (Å²) in [6.07, 6.45) is 1.05. The van der Waals surface area contributed by atoms with Crippen molar-refractivity contribution >= 4 is 0 Å². The number of hydrogen-bond acceptors (Lipinski definition) is 2. The van der Waals surface area contributed by atoms with E-state index in [1.807, 2.05) is 6.92 Å². The van der Waals surface area contributed by atoms with E-state index in [1.165, 1.54) is 0 Å². The van der Waals surface area contributed by atoms with Crippen molar-refractivity contribution in [3.05, 3.63) is 0 Å². The molecule has 0 aliphatic heterocycles. The fourth-order valence-electron chi connectivity index (χ4n) is 0.987. The predicted molar refractivity (Wildman–Crippen MR) is 46.0 cm³/mol. The molecule has 0 aromatic heterocycles. The van der Waals surface area contributed by atoms with Crippen molar-refractivity contribution < 1.29 is 4.74 Å². The molecule has 0 fully saturated rings. The van der Waals surface area contributed by atoms with Crippen LogP contribution >= 0.6 is 0 Å². The van der Waals surface area contributed by atoms with Crippen LogP contribution in [0.5, 0.6) is 0 Å². The monoisotopic (exact) mass is 147 g/mol. The van der Waals surface area contributed by atoms with Crippen LogP contribution in [0.3, 0.4) is 0 Å². The molecule has 2 N–H and O–H groups in total. The minimum absolute atomic E-state index is 0. The Morgan fingerprint density at radius 1 is 1.40 bits per heavy atom. The fourth-order valence-corrected chi connectivity index (χ4v) is 0.987. The van der Waals surface area contributed by atoms with E-state index in [1.54, 1.807) is 7.11 Å². The van der Waals surface area contributed by atoms with Gasteiger partial charge in [0.1, 0.15) is 0 Å². The maximum Gasteiger partial charge on any atom is 0.0488 e. The summed E-state index contributed by atoms with van der Waals surface area (Å²) < 4.78 is 4.95. The molecule has 0 saturated carbocycles. The van der Waals surface area contributed by atoms with Gasteiger partial charge in [0.05, 0.1) is 0 Å². The lowest BCUT2D eigenvalue weighted by Crippen LogP contribution is -2.20. The Labute approximate surface area is 64.8 Å². The molecule has 64 valence electrons. The molecule has 0 amide bonds. The number of nitrogens with two attached hydrogens (primary N) is 1. The molecule has 2 heteroatoms. The zero-order chi connectivity index (χ0) is 7.28. The van der Waals surface area contributed by atoms with Crippen molar-refractivity contribution in [3.63, 3.8) is 0 Å². The van der Waals surface area contributed by atoms with Gasteiger partial charge in [-0.3, -0.25) is 0 Å². The van der Waals surface area contributed by atoms with E-state index in [2.05, 4.69) is 6.92 Å². The van der Waals surface area contributed by atoms with E-state index < -0.39 is 0 Å². The molecule has 10 heavy (non-hydrogen) atoms. The summed E-state index contributed by atoms with van der Waals surface area (Å²) in [6, 6.07) is 0.301. The van der Waals surface area contributed by atoms with Gasteiger partial charge in [-0.15, -0.1) is 0 Å². The Morgan fingerprint density at radius 2 is 1.90 bits per heavy atom. The third-order valence-electron chi connectivity index (χ3n) is 1.23. The summed E-state index contributed by atoms with van der Waals surface area (Å²) in [5.41, 5.74) is 5.57. The average Bonchev–Trinajstić information content (AvgIpc) is 1.63. The van der Waals surface area contributed by atoms with Crippen molar-refractivity contribution in [3.8, 4) is 0 Å². The second kappa shape index (κ2) is 7.03. The van der Waals surface area contributed by atoms with E-state index >= 15 is 0 Å². The molecule has 0 heterocycles. The summed E-state index contributed by atoms with van der Waals surface area (Å²) in [4.78, 5) is 0. The third-order valence-corrected chi connectivity index (χ3v) is 1.23. The summed E-state index contributed by atoms with van der Waals surface area (Å²) in [5.74, 6) is 0.593. The van der Waals surface area contributed by atoms with Crippen molar-refractivity contribution in [2.75, 3.05) is 13.7 Å². The number of rotatable bonds is 4. The van der Waals surface area contributed by atoms with Gasteiger partial charge in [0.2, 0.25) is 0 Å². The minimum Gasteiger partial charge on any atom is -0.384 e. The van der Waals surface area contributed by atoms with Crippen LogP contribution in [0, 0.1) is 5.92 Å². The number of ether oxygens (including phenoxy) is 1. The molecule has 0 aromatic rings. The smallest absolute Gasteiger partial charge is 0.0488 e. The zero-order valence-corrected chi connectivity index (χ0v) is 6.55. The van der Waals surface area contributed by atoms with Crippen molar-refractivity contribution in [1.82, 2.24) is 0 Å². The Balaban J connectivity index is 0. The molecule has 0 aliphatic rings. The highest BCUT2D eigenvalue weighted by Crippen LogP contribution is 2.03. The fraction of sp³-hybridized carbons (Fsp3) is 1.00. The molecular weight excluding hydrogens is 126 g/mol. The van der Waals surface area contributed by atoms with Gasteiger partial charge in [0.25, 0.3) is 0 Å². The molecule has 0 radical (unpaired) electrons. The van der Waals surface area contributed by atoms with Crippen LogP contribution in [-0.4, -0.2) is 19.8 Å². The average molecular weight is 147 g/mol. The van der Waals surface area contributed by atoms with E-state index in [4.69, 9.17) is 10.5 Å². The van der Waals surface area contributed by atoms with Crippen LogP contribution < -0.4 is 5.73 Å². The third kappa shape index (κ3) is 7.92. The molecule has 0 rings (SSSR count). The molecule has 2 unspecified atom stereocenters. The van der Waals surface area contributed by atoms with Crippen LogP contribution in [0.25, 0.3) is 0 Å². The second-order valence-electron chi connectivity index (χ2n) is 2.77. The minimum atomic E-state index is 0. The lowest BCUT2D eigenvalue weighted by molar-refractivity contribution is 0.153. The first-order valence-corrected chi connectivity index (χ1v) is 3.41. The van der Waals surface area contributed by atoms with Gasteiger partial charge in [-0.2, -0.15) is 0 Å². The number of hydrogen-bond donors (Lipinski definition) is 1. The molecule has 2 nitrogen and oxygen atoms in total. The summed E-state index contributed by atoms with van der Waals surface area (Å²) in [5, 5.41) is 0. The van der Waals surface area contributed by atoms with Gasteiger partial charge in [0.15, 0.2) is 0 Å². The largest absolute Gasteiger partial charge is 0.384 e. The molecular formula is C8H21NO. The van der Waals surface area contributed by atoms with Crippen LogP contribution in [0.4, 0.5) is 0 Å². The first-order chi connectivity index (χ1) is 4.16. The quantitative estimate of drug-likeness (QED) is 0.656. The highest BCUT2D eigenvalue weighted by molar-refractivity contribution is 4.58. The van der Waals surface area contributed by atoms with Gasteiger partial charge in [0, 0.05) is 19.8 Å². The van der Waals surface area contributed by atoms with Gasteiger partial charge in [-0.05, 0) is 19.3 Å². The van der Waals surface area contributed by atoms with E-state index in [0.29, 0.717) is 12.0 Å². The topological polar surface area (TPSA) is 35.2 Å². The molecule has 0 bridgehead atoms. The normalized spacial score (nSPS) is 15.6. The standard InChI is InChI=1S/C7H17NO.CH4/c1-6(5-9-3)4-7(2)8;/h6-7H,4-5,8H2,1-3H3;1H4. The molecule has 2 atom stereocenters. The van der Waals surface area contributed by atoms with Crippen molar-refractivity contribution in [1.29, 1.82) is 0 Å². The first-order valence-electron chi connectivity index (χ1n) is 3.41. The summed E-state index contributed by atoms with van der Waals surface area (Å²) in [6.45, 7) is 4.99. The molecule has 0 aromatic carbocycles. The molecule has 0 spiro atoms. The second-order valence-corrected chi connectivity index (χ2v) is 2.77. The highest BCUT2D eigenvalue weighted by atomic mass is 16.5. The van der Waals surface area contributed by atoms with Crippen LogP contribution in [0.15, 0.2) is 0 Å². The first kappa shape index (κ1) is 12.6. The maximum absolute atomic E-state index is 5.57. The lowest BCUT2D eigenvalue weighted by atomic mass is 10.1. The highest BCUT2D eigenvalue weighted by Gasteiger charge is 2.02. The Morgan fingerprint density at radius 3 is 2.20 bits per heavy atom. The van der Waals surface area contributed by atoms with Crippen LogP contribution in [0.1, 0.15) is 27.7 Å². The molecule has 0 aliphatic carbocycles. The SMILES string of the molecule is C.COCC(C)CC(C)N. The van der Waals surface area contributed by atoms with Crippen LogP contribution in [-0.2, 0) is 4.74 Å². The zero-order valence-electron chi connectivity index (χ0n) is 6.55. The van der Waals surface area contributed by atoms with Crippen LogP contribution in [0.2, 0.25) is 0 Å². The van der Waals surface area contributed by atoms with Gasteiger partial charge in [-0.1, -0.05) is 14.4 Å². The van der Waals surface area contributed by atoms with E-state index in [9.17, 15) is 0 Å². The summed E-state index contributed by atoms with van der Waals surface area (Å²) in [7, 11) is 1.72. The Kier molecular flexibility index (Phi) is 8.85. The van der Waals surface area contributed by atoms with Crippen molar-refractivity contribution in [2.24, 2.45) is 11.7 Å². The molecule has 0 saturated heterocycles. The van der Waals surface area contributed by atoms with E-state index in [0.717, 1.165) is 13.0 Å². The van der Waals surface area contributed by atoms with Crippen molar-refractivity contribution in [2.45, 2.75) is 33.7 Å². The number of methoxy groups -OCH3 is 1.